The SMILES string of the molecule is CCNC(=NCCc1ncc(C)s1)NC1CCN(c2cccc(Cl)c2)C1.I. The van der Waals surface area contributed by atoms with Gasteiger partial charge in [-0.05, 0) is 38.5 Å². The van der Waals surface area contributed by atoms with Crippen molar-refractivity contribution in [3.8, 4) is 0 Å². The zero-order valence-electron chi connectivity index (χ0n) is 15.7. The molecule has 1 aliphatic rings. The maximum atomic E-state index is 6.12. The number of rotatable bonds is 6. The average Bonchev–Trinajstić information content (AvgIpc) is 3.24. The Hall–Kier alpha value is -1.06. The molecule has 148 valence electrons. The number of nitrogens with one attached hydrogen (secondary N) is 2. The van der Waals surface area contributed by atoms with Crippen LogP contribution in [0.1, 0.15) is 23.2 Å². The summed E-state index contributed by atoms with van der Waals surface area (Å²) in [6.07, 6.45) is 3.90. The quantitative estimate of drug-likeness (QED) is 0.343. The molecule has 5 nitrogen and oxygen atoms in total. The first kappa shape index (κ1) is 22.2. The largest absolute Gasteiger partial charge is 0.369 e. The molecule has 0 bridgehead atoms. The maximum absolute atomic E-state index is 6.12. The zero-order chi connectivity index (χ0) is 18.4. The van der Waals surface area contributed by atoms with Crippen molar-refractivity contribution in [1.82, 2.24) is 15.6 Å². The summed E-state index contributed by atoms with van der Waals surface area (Å²) in [5.74, 6) is 0.888. The number of hydrogen-bond donors (Lipinski definition) is 2. The van der Waals surface area contributed by atoms with E-state index in [4.69, 9.17) is 16.6 Å². The summed E-state index contributed by atoms with van der Waals surface area (Å²) in [7, 11) is 0. The molecule has 0 radical (unpaired) electrons. The van der Waals surface area contributed by atoms with E-state index in [0.717, 1.165) is 55.0 Å². The van der Waals surface area contributed by atoms with Crippen LogP contribution in [-0.2, 0) is 6.42 Å². The molecule has 27 heavy (non-hydrogen) atoms. The number of aromatic nitrogens is 1. The summed E-state index contributed by atoms with van der Waals surface area (Å²) < 4.78 is 0. The molecule has 1 fully saturated rings. The Balaban J connectivity index is 0.00000261. The Morgan fingerprint density at radius 3 is 3.00 bits per heavy atom. The van der Waals surface area contributed by atoms with Gasteiger partial charge in [-0.3, -0.25) is 4.99 Å². The van der Waals surface area contributed by atoms with Crippen LogP contribution in [0.25, 0.3) is 0 Å². The van der Waals surface area contributed by atoms with Crippen molar-refractivity contribution in [1.29, 1.82) is 0 Å². The van der Waals surface area contributed by atoms with Crippen LogP contribution in [0.15, 0.2) is 35.5 Å². The normalized spacial score (nSPS) is 16.9. The van der Waals surface area contributed by atoms with Gasteiger partial charge in [0.1, 0.15) is 0 Å². The molecule has 0 saturated carbocycles. The molecule has 8 heteroatoms. The molecule has 1 saturated heterocycles. The van der Waals surface area contributed by atoms with Crippen LogP contribution in [-0.4, -0.2) is 43.2 Å². The third kappa shape index (κ3) is 6.80. The van der Waals surface area contributed by atoms with Crippen molar-refractivity contribution in [2.45, 2.75) is 32.7 Å². The number of aryl methyl sites for hydroxylation is 1. The van der Waals surface area contributed by atoms with Crippen LogP contribution in [0.4, 0.5) is 5.69 Å². The second-order valence-corrected chi connectivity index (χ2v) is 8.19. The first-order chi connectivity index (χ1) is 12.6. The Bertz CT molecular complexity index is 751. The number of guanidine groups is 1. The molecular weight excluding hydrogens is 493 g/mol. The number of nitrogens with zero attached hydrogens (tertiary/aromatic N) is 3. The summed E-state index contributed by atoms with van der Waals surface area (Å²) in [5.41, 5.74) is 1.18. The lowest BCUT2D eigenvalue weighted by Gasteiger charge is -2.20. The highest BCUT2D eigenvalue weighted by molar-refractivity contribution is 14.0. The van der Waals surface area contributed by atoms with Gasteiger partial charge < -0.3 is 15.5 Å². The van der Waals surface area contributed by atoms with E-state index in [-0.39, 0.29) is 24.0 Å². The fraction of sp³-hybridized carbons (Fsp3) is 0.474. The summed E-state index contributed by atoms with van der Waals surface area (Å²) in [5, 5.41) is 8.85. The Morgan fingerprint density at radius 1 is 1.44 bits per heavy atom. The molecular formula is C19H27ClIN5S. The van der Waals surface area contributed by atoms with Crippen molar-refractivity contribution in [2.75, 3.05) is 31.1 Å². The number of benzene rings is 1. The molecule has 3 rings (SSSR count). The van der Waals surface area contributed by atoms with Gasteiger partial charge in [0, 0.05) is 60.4 Å². The molecule has 1 aromatic carbocycles. The summed E-state index contributed by atoms with van der Waals surface area (Å²) >= 11 is 7.86. The molecule has 0 aliphatic carbocycles. The predicted molar refractivity (Wildman–Crippen MR) is 127 cm³/mol. The Morgan fingerprint density at radius 2 is 2.30 bits per heavy atom. The summed E-state index contributed by atoms with van der Waals surface area (Å²) in [4.78, 5) is 12.7. The standard InChI is InChI=1S/C19H26ClN5S.HI/c1-3-21-19(22-9-7-18-23-12-14(2)26-18)24-16-8-10-25(13-16)17-6-4-5-15(20)11-17;/h4-6,11-12,16H,3,7-10,13H2,1-2H3,(H2,21,22,24);1H. The third-order valence-electron chi connectivity index (χ3n) is 4.31. The van der Waals surface area contributed by atoms with Gasteiger partial charge in [0.05, 0.1) is 5.01 Å². The fourth-order valence-corrected chi connectivity index (χ4v) is 4.04. The van der Waals surface area contributed by atoms with E-state index in [2.05, 4.69) is 40.4 Å². The van der Waals surface area contributed by atoms with Crippen LogP contribution in [0, 0.1) is 6.92 Å². The number of thiazole rings is 1. The molecule has 1 atom stereocenters. The van der Waals surface area contributed by atoms with Crippen LogP contribution >= 0.6 is 46.9 Å². The van der Waals surface area contributed by atoms with Gasteiger partial charge in [-0.25, -0.2) is 4.98 Å². The van der Waals surface area contributed by atoms with Crippen LogP contribution < -0.4 is 15.5 Å². The lowest BCUT2D eigenvalue weighted by Crippen LogP contribution is -2.44. The van der Waals surface area contributed by atoms with Crippen molar-refractivity contribution >= 4 is 58.6 Å². The van der Waals surface area contributed by atoms with Gasteiger partial charge in [-0.15, -0.1) is 35.3 Å². The first-order valence-corrected chi connectivity index (χ1v) is 10.3. The van der Waals surface area contributed by atoms with E-state index in [1.807, 2.05) is 24.4 Å². The lowest BCUT2D eigenvalue weighted by atomic mass is 10.2. The average molecular weight is 520 g/mol. The van der Waals surface area contributed by atoms with Gasteiger partial charge in [-0.1, -0.05) is 17.7 Å². The number of anilines is 1. The molecule has 0 amide bonds. The third-order valence-corrected chi connectivity index (χ3v) is 5.52. The highest BCUT2D eigenvalue weighted by Gasteiger charge is 2.23. The molecule has 1 unspecified atom stereocenters. The first-order valence-electron chi connectivity index (χ1n) is 9.10. The van der Waals surface area contributed by atoms with Crippen LogP contribution in [0.3, 0.4) is 0 Å². The van der Waals surface area contributed by atoms with E-state index in [1.54, 1.807) is 11.3 Å². The molecule has 2 aromatic rings. The minimum absolute atomic E-state index is 0. The number of hydrogen-bond acceptors (Lipinski definition) is 4. The van der Waals surface area contributed by atoms with Gasteiger partial charge in [0.15, 0.2) is 5.96 Å². The summed E-state index contributed by atoms with van der Waals surface area (Å²) in [6, 6.07) is 8.44. The number of aliphatic imine (C=N–C) groups is 1. The molecule has 2 N–H and O–H groups in total. The van der Waals surface area contributed by atoms with Crippen molar-refractivity contribution in [2.24, 2.45) is 4.99 Å². The lowest BCUT2D eigenvalue weighted by molar-refractivity contribution is 0.649. The van der Waals surface area contributed by atoms with Crippen molar-refractivity contribution < 1.29 is 0 Å². The maximum Gasteiger partial charge on any atom is 0.191 e. The van der Waals surface area contributed by atoms with Gasteiger partial charge in [0.2, 0.25) is 0 Å². The topological polar surface area (TPSA) is 52.6 Å². The minimum atomic E-state index is 0. The van der Waals surface area contributed by atoms with E-state index in [1.165, 1.54) is 10.6 Å². The van der Waals surface area contributed by atoms with Crippen molar-refractivity contribution in [3.63, 3.8) is 0 Å². The molecule has 0 spiro atoms. The van der Waals surface area contributed by atoms with Gasteiger partial charge >= 0.3 is 0 Å². The fourth-order valence-electron chi connectivity index (χ4n) is 3.08. The molecule has 2 heterocycles. The number of halogens is 2. The van der Waals surface area contributed by atoms with E-state index >= 15 is 0 Å². The highest BCUT2D eigenvalue weighted by Crippen LogP contribution is 2.23. The van der Waals surface area contributed by atoms with Gasteiger partial charge in [-0.2, -0.15) is 0 Å². The van der Waals surface area contributed by atoms with Crippen molar-refractivity contribution in [3.05, 3.63) is 45.4 Å². The Kier molecular flexibility index (Phi) is 9.11. The second-order valence-electron chi connectivity index (χ2n) is 6.43. The van der Waals surface area contributed by atoms with E-state index in [0.29, 0.717) is 6.04 Å². The van der Waals surface area contributed by atoms with E-state index in [9.17, 15) is 0 Å². The monoisotopic (exact) mass is 519 g/mol. The highest BCUT2D eigenvalue weighted by atomic mass is 127. The Labute approximate surface area is 187 Å². The second kappa shape index (κ2) is 11.1. The summed E-state index contributed by atoms with van der Waals surface area (Å²) in [6.45, 7) is 7.75. The van der Waals surface area contributed by atoms with E-state index < -0.39 is 0 Å². The molecule has 1 aromatic heterocycles. The van der Waals surface area contributed by atoms with Gasteiger partial charge in [0.25, 0.3) is 0 Å². The smallest absolute Gasteiger partial charge is 0.191 e. The zero-order valence-corrected chi connectivity index (χ0v) is 19.6. The molecule has 1 aliphatic heterocycles. The predicted octanol–water partition coefficient (Wildman–Crippen LogP) is 4.10. The minimum Gasteiger partial charge on any atom is -0.369 e. The van der Waals surface area contributed by atoms with Crippen LogP contribution in [0.2, 0.25) is 5.02 Å². The van der Waals surface area contributed by atoms with Crippen LogP contribution in [0.5, 0.6) is 0 Å².